The summed E-state index contributed by atoms with van der Waals surface area (Å²) in [6, 6.07) is 138. The molecule has 2 aliphatic heterocycles. The highest BCUT2D eigenvalue weighted by Crippen LogP contribution is 2.66. The number of nitriles is 1. The van der Waals surface area contributed by atoms with Crippen LogP contribution in [0.4, 0.5) is 34.1 Å². The maximum absolute atomic E-state index is 10.9. The number of aromatic nitrogens is 3. The Kier molecular flexibility index (Phi) is 15.3. The molecule has 0 fully saturated rings. The second-order valence-electron chi connectivity index (χ2n) is 34.6. The molecule has 120 heavy (non-hydrogen) atoms. The molecule has 0 N–H and O–H groups in total. The lowest BCUT2D eigenvalue weighted by atomic mass is 9.74. The van der Waals surface area contributed by atoms with Gasteiger partial charge in [0.25, 0.3) is 0 Å². The van der Waals surface area contributed by atoms with Crippen molar-refractivity contribution in [1.29, 1.82) is 5.26 Å². The molecule has 17 aromatic carbocycles. The highest BCUT2D eigenvalue weighted by atomic mass is 32.1. The molecule has 24 rings (SSSR count). The van der Waals surface area contributed by atoms with Crippen molar-refractivity contribution >= 4 is 163 Å². The molecule has 568 valence electrons. The lowest BCUT2D eigenvalue weighted by Gasteiger charge is -2.47. The van der Waals surface area contributed by atoms with Gasteiger partial charge in [0.2, 0.25) is 0 Å². The first-order valence-corrected chi connectivity index (χ1v) is 43.2. The van der Waals surface area contributed by atoms with Gasteiger partial charge in [-0.2, -0.15) is 5.26 Å². The summed E-state index contributed by atoms with van der Waals surface area (Å²) >= 11 is 3.76. The highest BCUT2D eigenvalue weighted by molar-refractivity contribution is 7.26. The SMILES string of the molecule is CC(C)(C)c1cc(-c2ccc3sc4ccc(C(C)(C)C)cc4c3c2)c(N2c3ccc(-c4ccccc4)cc3C3c4cc(-c5ccccc5)ccc4N(c4c(-c5cccc6c5sc5ccccc56)cccc4-n4c5ccccc5c5ccccc54)c4cc(-n5c6ccccc6c6cc(C#N)ccc65)cc2c43)c(-n2c3ccccc3c3ccccc32)c1. The summed E-state index contributed by atoms with van der Waals surface area (Å²) in [4.78, 5) is 5.45. The van der Waals surface area contributed by atoms with Crippen molar-refractivity contribution in [2.45, 2.75) is 58.3 Å². The summed E-state index contributed by atoms with van der Waals surface area (Å²) in [6.45, 7) is 14.1. The predicted molar refractivity (Wildman–Crippen MR) is 509 cm³/mol. The summed E-state index contributed by atoms with van der Waals surface area (Å²) in [5, 5.41) is 22.7. The first-order valence-electron chi connectivity index (χ1n) is 41.5. The smallest absolute Gasteiger partial charge is 0.0991 e. The fourth-order valence-electron chi connectivity index (χ4n) is 20.1. The highest BCUT2D eigenvalue weighted by Gasteiger charge is 2.45. The second-order valence-corrected chi connectivity index (χ2v) is 36.7. The Morgan fingerprint density at radius 3 is 1.31 bits per heavy atom. The Balaban J connectivity index is 0.921. The topological polar surface area (TPSA) is 45.1 Å². The second kappa shape index (κ2) is 26.3. The van der Waals surface area contributed by atoms with Gasteiger partial charge in [-0.15, -0.1) is 22.7 Å². The number of rotatable bonds is 9. The average molecular weight is 1570 g/mol. The zero-order valence-corrected chi connectivity index (χ0v) is 68.8. The van der Waals surface area contributed by atoms with Crippen LogP contribution in [0, 0.1) is 11.3 Å². The van der Waals surface area contributed by atoms with Gasteiger partial charge < -0.3 is 23.5 Å². The molecule has 2 aliphatic rings. The maximum atomic E-state index is 10.9. The van der Waals surface area contributed by atoms with Crippen LogP contribution >= 0.6 is 22.7 Å². The first kappa shape index (κ1) is 69.9. The van der Waals surface area contributed by atoms with E-state index in [4.69, 9.17) is 0 Å². The largest absolute Gasteiger partial charge is 0.309 e. The molecule has 6 nitrogen and oxygen atoms in total. The van der Waals surface area contributed by atoms with Gasteiger partial charge in [0, 0.05) is 101 Å². The maximum Gasteiger partial charge on any atom is 0.0991 e. The minimum absolute atomic E-state index is 0.0705. The minimum Gasteiger partial charge on any atom is -0.309 e. The van der Waals surface area contributed by atoms with Gasteiger partial charge in [-0.1, -0.05) is 266 Å². The molecule has 1 atom stereocenters. The van der Waals surface area contributed by atoms with Crippen LogP contribution in [0.25, 0.3) is 167 Å². The molecule has 0 radical (unpaired) electrons. The van der Waals surface area contributed by atoms with Crippen molar-refractivity contribution in [2.24, 2.45) is 0 Å². The molecule has 0 bridgehead atoms. The van der Waals surface area contributed by atoms with Gasteiger partial charge in [-0.05, 0) is 194 Å². The van der Waals surface area contributed by atoms with Crippen molar-refractivity contribution in [2.75, 3.05) is 9.80 Å². The molecular weight excluding hydrogens is 1490 g/mol. The monoisotopic (exact) mass is 1570 g/mol. The van der Waals surface area contributed by atoms with E-state index < -0.39 is 0 Å². The minimum atomic E-state index is -0.375. The number of para-hydroxylation sites is 6. The number of fused-ring (bicyclic) bond motifs is 19. The number of nitrogens with zero attached hydrogens (tertiary/aromatic N) is 6. The van der Waals surface area contributed by atoms with E-state index in [1.54, 1.807) is 0 Å². The van der Waals surface area contributed by atoms with Crippen LogP contribution in [0.5, 0.6) is 0 Å². The molecule has 7 heterocycles. The van der Waals surface area contributed by atoms with Crippen molar-refractivity contribution in [3.63, 3.8) is 0 Å². The van der Waals surface area contributed by atoms with Crippen LogP contribution in [0.3, 0.4) is 0 Å². The number of hydrogen-bond acceptors (Lipinski definition) is 5. The molecular formula is C112H78N6S2. The van der Waals surface area contributed by atoms with Crippen LogP contribution in [0.1, 0.15) is 80.8 Å². The Hall–Kier alpha value is -14.3. The predicted octanol–water partition coefficient (Wildman–Crippen LogP) is 31.6. The number of anilines is 6. The van der Waals surface area contributed by atoms with Crippen LogP contribution in [0.15, 0.2) is 358 Å². The zero-order chi connectivity index (χ0) is 80.1. The summed E-state index contributed by atoms with van der Waals surface area (Å²) in [6.07, 6.45) is 0. The van der Waals surface area contributed by atoms with E-state index in [0.717, 1.165) is 145 Å². The first-order chi connectivity index (χ1) is 58.8. The van der Waals surface area contributed by atoms with E-state index >= 15 is 0 Å². The molecule has 0 amide bonds. The molecule has 0 spiro atoms. The van der Waals surface area contributed by atoms with Crippen molar-refractivity contribution < 1.29 is 0 Å². The molecule has 8 heteroatoms. The van der Waals surface area contributed by atoms with E-state index in [1.807, 2.05) is 28.7 Å². The summed E-state index contributed by atoms with van der Waals surface area (Å²) in [5.41, 5.74) is 31.2. The molecule has 5 aromatic heterocycles. The van der Waals surface area contributed by atoms with Crippen molar-refractivity contribution in [3.8, 4) is 67.6 Å². The fraction of sp³-hybridized carbons (Fsp3) is 0.0804. The zero-order valence-electron chi connectivity index (χ0n) is 67.1. The summed E-state index contributed by atoms with van der Waals surface area (Å²) in [5.74, 6) is -0.375. The molecule has 0 aliphatic carbocycles. The Morgan fingerprint density at radius 1 is 0.275 bits per heavy atom. The van der Waals surface area contributed by atoms with E-state index in [1.165, 1.54) is 84.1 Å². The van der Waals surface area contributed by atoms with E-state index in [2.05, 4.69) is 423 Å². The third kappa shape index (κ3) is 10.5. The number of thiophene rings is 2. The van der Waals surface area contributed by atoms with Crippen molar-refractivity contribution in [1.82, 2.24) is 13.7 Å². The molecule has 0 saturated carbocycles. The summed E-state index contributed by atoms with van der Waals surface area (Å²) < 4.78 is 12.7. The normalized spacial score (nSPS) is 13.5. The van der Waals surface area contributed by atoms with E-state index in [-0.39, 0.29) is 16.7 Å². The van der Waals surface area contributed by atoms with Gasteiger partial charge in [0.15, 0.2) is 0 Å². The third-order valence-electron chi connectivity index (χ3n) is 25.7. The lowest BCUT2D eigenvalue weighted by Crippen LogP contribution is -2.31. The number of benzene rings is 17. The fourth-order valence-corrected chi connectivity index (χ4v) is 22.4. The van der Waals surface area contributed by atoms with Crippen molar-refractivity contribution in [3.05, 3.63) is 391 Å². The van der Waals surface area contributed by atoms with Gasteiger partial charge in [-0.25, -0.2) is 0 Å². The quantitative estimate of drug-likeness (QED) is 0.145. The standard InChI is InChI=1S/C112H78N6S2/c1-111(2,3)73-51-56-105-88(61-73)87-60-72(50-55-104(87)119-105)85-62-74(112(4,5)6)63-102(116-94-43-22-15-33-78(94)79-34-16-23-44-95(79)116)109(85)118-98-54-49-71(69-29-11-8-12-30-69)59-90(98)106-89-58-70(68-27-9-7-10-28-68)48-53-97(89)117(100-64-75(65-101(118)107(100)106)114-91-40-19-17-35-80(91)86-57-67(66-113)47-52-96(86)114)108-82(84-39-25-38-83-81-36-18-24-46-103(81)120-110(83)84)37-26-45-99(108)115-92-41-20-13-31-76(92)77-32-14-21-42-93(77)115/h7-65,106H,1-6H3. The van der Waals surface area contributed by atoms with Gasteiger partial charge >= 0.3 is 0 Å². The van der Waals surface area contributed by atoms with E-state index in [0.29, 0.717) is 5.56 Å². The van der Waals surface area contributed by atoms with Crippen LogP contribution < -0.4 is 9.80 Å². The van der Waals surface area contributed by atoms with Gasteiger partial charge in [0.1, 0.15) is 0 Å². The molecule has 1 unspecified atom stereocenters. The average Bonchev–Trinajstić information content (AvgIpc) is 0.840. The Labute approximate surface area is 703 Å². The van der Waals surface area contributed by atoms with Crippen LogP contribution in [-0.2, 0) is 10.8 Å². The molecule has 22 aromatic rings. The van der Waals surface area contributed by atoms with Crippen LogP contribution in [-0.4, -0.2) is 13.7 Å². The van der Waals surface area contributed by atoms with Crippen LogP contribution in [0.2, 0.25) is 0 Å². The molecule has 0 saturated heterocycles. The van der Waals surface area contributed by atoms with E-state index in [9.17, 15) is 5.26 Å². The Morgan fingerprint density at radius 2 is 0.733 bits per heavy atom. The number of hydrogen-bond donors (Lipinski definition) is 0. The van der Waals surface area contributed by atoms with Gasteiger partial charge in [-0.3, -0.25) is 0 Å². The Bertz CT molecular complexity index is 8060. The lowest BCUT2D eigenvalue weighted by molar-refractivity contribution is 0.590. The van der Waals surface area contributed by atoms with Gasteiger partial charge in [0.05, 0.1) is 95.9 Å². The summed E-state index contributed by atoms with van der Waals surface area (Å²) in [7, 11) is 0. The third-order valence-corrected chi connectivity index (χ3v) is 28.1.